The Hall–Kier alpha value is -3.19. The number of hydrogen-bond acceptors (Lipinski definition) is 6. The quantitative estimate of drug-likeness (QED) is 0.727. The Labute approximate surface area is 175 Å². The van der Waals surface area contributed by atoms with Crippen molar-refractivity contribution < 1.29 is 33.7 Å². The highest BCUT2D eigenvalue weighted by atomic mass is 16.5. The highest BCUT2D eigenvalue weighted by Gasteiger charge is 2.32. The molecule has 4 rings (SSSR count). The molecule has 2 aromatic carbocycles. The average molecular weight is 411 g/mol. The van der Waals surface area contributed by atoms with E-state index in [1.807, 2.05) is 0 Å². The molecule has 7 nitrogen and oxygen atoms in total. The Kier molecular flexibility index (Phi) is 5.55. The fourth-order valence-electron chi connectivity index (χ4n) is 4.07. The molecule has 1 fully saturated rings. The zero-order valence-corrected chi connectivity index (χ0v) is 17.4. The van der Waals surface area contributed by atoms with E-state index in [-0.39, 0.29) is 17.3 Å². The van der Waals surface area contributed by atoms with Crippen LogP contribution in [0.1, 0.15) is 34.3 Å². The lowest BCUT2D eigenvalue weighted by atomic mass is 10.0. The summed E-state index contributed by atoms with van der Waals surface area (Å²) in [6, 6.07) is 6.43. The third-order valence-corrected chi connectivity index (χ3v) is 5.66. The second-order valence-corrected chi connectivity index (χ2v) is 7.44. The van der Waals surface area contributed by atoms with Crippen molar-refractivity contribution in [1.82, 2.24) is 0 Å². The number of hydrogen-bond donors (Lipinski definition) is 1. The van der Waals surface area contributed by atoms with E-state index in [0.717, 1.165) is 25.9 Å². The average Bonchev–Trinajstić information content (AvgIpc) is 3.38. The maximum Gasteiger partial charge on any atom is 0.231 e. The van der Waals surface area contributed by atoms with Crippen molar-refractivity contribution in [3.8, 4) is 28.7 Å². The van der Waals surface area contributed by atoms with Gasteiger partial charge in [0.25, 0.3) is 0 Å². The standard InChI is InChI=1S/C23H25NO6/c1-27-18-12-20(29-3)19(28-2)10-14(18)11-21-22(26)15-6-7-17(25)16(23(15)30-21)13-24-8-4-5-9-24/h6-7,10-12,25H,4-5,8-9,13H2,1-3H3/b21-11-. The number of benzene rings is 2. The van der Waals surface area contributed by atoms with Gasteiger partial charge < -0.3 is 29.0 Å². The molecule has 1 N–H and O–H groups in total. The molecule has 0 bridgehead atoms. The number of carbonyl (C=O) groups excluding carboxylic acids is 1. The van der Waals surface area contributed by atoms with E-state index in [4.69, 9.17) is 18.9 Å². The molecule has 0 atom stereocenters. The molecule has 0 amide bonds. The van der Waals surface area contributed by atoms with Gasteiger partial charge in [0.05, 0.1) is 40.0 Å². The van der Waals surface area contributed by atoms with Crippen LogP contribution in [0.15, 0.2) is 30.0 Å². The summed E-state index contributed by atoms with van der Waals surface area (Å²) < 4.78 is 22.1. The molecule has 0 aromatic heterocycles. The molecule has 2 aromatic rings. The number of Topliss-reactive ketones (excluding diaryl/α,β-unsaturated/α-hetero) is 1. The first kappa shape index (κ1) is 20.1. The maximum absolute atomic E-state index is 13.0. The summed E-state index contributed by atoms with van der Waals surface area (Å²) >= 11 is 0. The van der Waals surface area contributed by atoms with Crippen molar-refractivity contribution in [2.24, 2.45) is 0 Å². The van der Waals surface area contributed by atoms with E-state index in [1.165, 1.54) is 25.2 Å². The smallest absolute Gasteiger partial charge is 0.231 e. The normalized spacial score (nSPS) is 17.2. The Morgan fingerprint density at radius 1 is 1.03 bits per heavy atom. The van der Waals surface area contributed by atoms with Crippen LogP contribution in [0.5, 0.6) is 28.7 Å². The zero-order valence-electron chi connectivity index (χ0n) is 17.4. The lowest BCUT2D eigenvalue weighted by molar-refractivity contribution is -0.901. The fourth-order valence-corrected chi connectivity index (χ4v) is 4.07. The lowest BCUT2D eigenvalue weighted by Crippen LogP contribution is -3.08. The number of rotatable bonds is 6. The topological polar surface area (TPSA) is 81.5 Å². The van der Waals surface area contributed by atoms with Crippen LogP contribution in [0.4, 0.5) is 0 Å². The summed E-state index contributed by atoms with van der Waals surface area (Å²) in [5, 5.41) is 12.5. The Morgan fingerprint density at radius 3 is 2.37 bits per heavy atom. The number of likely N-dealkylation sites (tertiary alicyclic amines) is 1. The third-order valence-electron chi connectivity index (χ3n) is 5.66. The Morgan fingerprint density at radius 2 is 1.70 bits per heavy atom. The zero-order chi connectivity index (χ0) is 21.3. The van der Waals surface area contributed by atoms with Crippen LogP contribution in [-0.4, -0.2) is 40.2 Å². The first-order valence-electron chi connectivity index (χ1n) is 9.96. The molecule has 0 aliphatic carbocycles. The number of ketones is 1. The van der Waals surface area contributed by atoms with Gasteiger partial charge >= 0.3 is 0 Å². The highest BCUT2D eigenvalue weighted by molar-refractivity contribution is 6.15. The summed E-state index contributed by atoms with van der Waals surface area (Å²) in [4.78, 5) is 14.3. The predicted molar refractivity (Wildman–Crippen MR) is 109 cm³/mol. The van der Waals surface area contributed by atoms with Crippen LogP contribution in [0.3, 0.4) is 0 Å². The molecule has 1 saturated heterocycles. The fraction of sp³-hybridized carbons (Fsp3) is 0.348. The van der Waals surface area contributed by atoms with Crippen LogP contribution in [0.25, 0.3) is 6.08 Å². The van der Waals surface area contributed by atoms with Crippen molar-refractivity contribution in [3.63, 3.8) is 0 Å². The Balaban J connectivity index is 1.71. The number of quaternary nitrogens is 1. The molecule has 0 spiro atoms. The van der Waals surface area contributed by atoms with Gasteiger partial charge in [-0.25, -0.2) is 0 Å². The van der Waals surface area contributed by atoms with Crippen molar-refractivity contribution in [1.29, 1.82) is 0 Å². The number of fused-ring (bicyclic) bond motifs is 1. The lowest BCUT2D eigenvalue weighted by Gasteiger charge is -2.19. The first-order chi connectivity index (χ1) is 14.5. The minimum Gasteiger partial charge on any atom is -0.872 e. The van der Waals surface area contributed by atoms with Gasteiger partial charge in [-0.15, -0.1) is 0 Å². The van der Waals surface area contributed by atoms with Crippen molar-refractivity contribution in [3.05, 3.63) is 46.7 Å². The molecule has 0 unspecified atom stereocenters. The maximum atomic E-state index is 13.0. The van der Waals surface area contributed by atoms with E-state index in [2.05, 4.69) is 0 Å². The predicted octanol–water partition coefficient (Wildman–Crippen LogP) is 1.58. The van der Waals surface area contributed by atoms with Gasteiger partial charge in [-0.3, -0.25) is 4.79 Å². The van der Waals surface area contributed by atoms with E-state index in [0.29, 0.717) is 46.2 Å². The molecule has 7 heteroatoms. The van der Waals surface area contributed by atoms with Crippen molar-refractivity contribution in [2.75, 3.05) is 34.4 Å². The second-order valence-electron chi connectivity index (χ2n) is 7.44. The van der Waals surface area contributed by atoms with E-state index >= 15 is 0 Å². The third kappa shape index (κ3) is 3.57. The number of nitrogens with one attached hydrogen (secondary N) is 1. The first-order valence-corrected chi connectivity index (χ1v) is 9.96. The van der Waals surface area contributed by atoms with Gasteiger partial charge in [-0.2, -0.15) is 0 Å². The van der Waals surface area contributed by atoms with Gasteiger partial charge in [-0.05, 0) is 18.2 Å². The van der Waals surface area contributed by atoms with Gasteiger partial charge in [0.15, 0.2) is 17.3 Å². The van der Waals surface area contributed by atoms with Crippen LogP contribution in [0.2, 0.25) is 0 Å². The molecule has 2 heterocycles. The van der Waals surface area contributed by atoms with Crippen LogP contribution < -0.4 is 29.0 Å². The largest absolute Gasteiger partial charge is 0.872 e. The molecule has 158 valence electrons. The van der Waals surface area contributed by atoms with Gasteiger partial charge in [0, 0.05) is 30.0 Å². The van der Waals surface area contributed by atoms with E-state index < -0.39 is 0 Å². The van der Waals surface area contributed by atoms with E-state index in [9.17, 15) is 9.90 Å². The molecular formula is C23H25NO6. The molecule has 0 saturated carbocycles. The summed E-state index contributed by atoms with van der Waals surface area (Å²) in [5.74, 6) is 1.74. The summed E-state index contributed by atoms with van der Waals surface area (Å²) in [5.41, 5.74) is 1.61. The monoisotopic (exact) mass is 411 g/mol. The molecule has 0 radical (unpaired) electrons. The molecule has 30 heavy (non-hydrogen) atoms. The highest BCUT2D eigenvalue weighted by Crippen LogP contribution is 2.40. The molecule has 2 aliphatic rings. The van der Waals surface area contributed by atoms with Crippen molar-refractivity contribution >= 4 is 11.9 Å². The van der Waals surface area contributed by atoms with Gasteiger partial charge in [0.2, 0.25) is 5.78 Å². The number of carbonyl (C=O) groups is 1. The Bertz CT molecular complexity index is 1010. The van der Waals surface area contributed by atoms with Crippen LogP contribution in [-0.2, 0) is 6.54 Å². The minimum atomic E-state index is -0.250. The van der Waals surface area contributed by atoms with Crippen LogP contribution in [0, 0.1) is 0 Å². The van der Waals surface area contributed by atoms with Crippen molar-refractivity contribution in [2.45, 2.75) is 19.4 Å². The SMILES string of the molecule is COc1cc(OC)c(OC)cc1/C=C1\Oc2c(ccc([O-])c2C[NH+]2CCCC2)C1=O. The number of allylic oxidation sites excluding steroid dienone is 1. The minimum absolute atomic E-state index is 0.0918. The number of ether oxygens (including phenoxy) is 4. The summed E-state index contributed by atoms with van der Waals surface area (Å²) in [6.07, 6.45) is 3.92. The second kappa shape index (κ2) is 8.28. The van der Waals surface area contributed by atoms with Gasteiger partial charge in [-0.1, -0.05) is 11.8 Å². The van der Waals surface area contributed by atoms with Crippen LogP contribution >= 0.6 is 0 Å². The molecular weight excluding hydrogens is 386 g/mol. The molecule has 2 aliphatic heterocycles. The summed E-state index contributed by atoms with van der Waals surface area (Å²) in [7, 11) is 4.62. The summed E-state index contributed by atoms with van der Waals surface area (Å²) in [6.45, 7) is 2.63. The van der Waals surface area contributed by atoms with E-state index in [1.54, 1.807) is 31.4 Å². The van der Waals surface area contributed by atoms with Gasteiger partial charge in [0.1, 0.15) is 18.0 Å². The number of methoxy groups -OCH3 is 3.